The summed E-state index contributed by atoms with van der Waals surface area (Å²) in [5, 5.41) is 3.21. The largest absolute Gasteiger partial charge is 0.349 e. The van der Waals surface area contributed by atoms with Crippen molar-refractivity contribution in [1.29, 1.82) is 0 Å². The summed E-state index contributed by atoms with van der Waals surface area (Å²) < 4.78 is 0. The van der Waals surface area contributed by atoms with Crippen molar-refractivity contribution in [3.63, 3.8) is 0 Å². The number of halogens is 4. The van der Waals surface area contributed by atoms with Gasteiger partial charge in [-0.2, -0.15) is 0 Å². The summed E-state index contributed by atoms with van der Waals surface area (Å²) in [6, 6.07) is 24.6. The summed E-state index contributed by atoms with van der Waals surface area (Å²) in [6.45, 7) is 5.48. The van der Waals surface area contributed by atoms with Crippen molar-refractivity contribution in [1.82, 2.24) is 0 Å². The highest BCUT2D eigenvalue weighted by atomic mass is 35.5. The van der Waals surface area contributed by atoms with Gasteiger partial charge in [0, 0.05) is 69.0 Å². The van der Waals surface area contributed by atoms with E-state index in [2.05, 4.69) is 68.1 Å². The number of nitrogens with zero attached hydrogens (tertiary/aromatic N) is 4. The molecule has 4 aliphatic heterocycles. The van der Waals surface area contributed by atoms with Crippen LogP contribution in [0.1, 0.15) is 22.3 Å². The second-order valence-electron chi connectivity index (χ2n) is 10.2. The Morgan fingerprint density at radius 3 is 0.842 bits per heavy atom. The molecule has 0 spiro atoms. The summed E-state index contributed by atoms with van der Waals surface area (Å²) in [4.78, 5) is 9.48. The van der Waals surface area contributed by atoms with Gasteiger partial charge < -0.3 is 19.6 Å². The predicted molar refractivity (Wildman–Crippen MR) is 160 cm³/mol. The van der Waals surface area contributed by atoms with E-state index in [1.54, 1.807) is 0 Å². The van der Waals surface area contributed by atoms with Crippen LogP contribution in [0.3, 0.4) is 0 Å². The van der Waals surface area contributed by atoms with Crippen LogP contribution in [0.5, 0.6) is 0 Å². The van der Waals surface area contributed by atoms with Gasteiger partial charge in [0.1, 0.15) is 0 Å². The number of hydrogen-bond acceptors (Lipinski definition) is 4. The van der Waals surface area contributed by atoms with Gasteiger partial charge in [-0.1, -0.05) is 46.4 Å². The molecule has 0 fully saturated rings. The van der Waals surface area contributed by atoms with E-state index in [9.17, 15) is 0 Å². The molecule has 0 unspecified atom stereocenters. The minimum atomic E-state index is 0.803. The Kier molecular flexibility index (Phi) is 6.05. The molecule has 4 aliphatic rings. The molecule has 38 heavy (non-hydrogen) atoms. The van der Waals surface area contributed by atoms with Gasteiger partial charge in [0.25, 0.3) is 0 Å². The lowest BCUT2D eigenvalue weighted by Gasteiger charge is -2.44. The van der Waals surface area contributed by atoms with Crippen molar-refractivity contribution in [3.8, 4) is 0 Å². The standard InChI is InChI=1S/2C15H12Cl2N2/c2*16-12-1-3-14-10(5-12)7-19-9-18(14)8-11-6-13(17)2-4-15(11)19/h2*1-6H,7-9H2. The first-order chi connectivity index (χ1) is 18.4. The third-order valence-corrected chi connectivity index (χ3v) is 8.60. The molecular formula is C30H24Cl4N4. The first-order valence-corrected chi connectivity index (χ1v) is 14.1. The highest BCUT2D eigenvalue weighted by Gasteiger charge is 2.30. The zero-order valence-electron chi connectivity index (χ0n) is 20.5. The summed E-state index contributed by atoms with van der Waals surface area (Å²) >= 11 is 24.4. The lowest BCUT2D eigenvalue weighted by molar-refractivity contribution is 0.651. The SMILES string of the molecule is Clc1ccc2c(c1)CN1CN2Cc2cc(Cl)ccc21.Clc1ccc2c(c1)CN1CN2Cc2cc(Cl)ccc21. The molecule has 4 nitrogen and oxygen atoms in total. The third-order valence-electron chi connectivity index (χ3n) is 7.66. The van der Waals surface area contributed by atoms with E-state index >= 15 is 0 Å². The molecule has 0 aliphatic carbocycles. The first-order valence-electron chi connectivity index (χ1n) is 12.5. The maximum atomic E-state index is 6.10. The summed E-state index contributed by atoms with van der Waals surface area (Å²) in [5.41, 5.74) is 10.3. The van der Waals surface area contributed by atoms with Crippen LogP contribution in [0.4, 0.5) is 22.7 Å². The van der Waals surface area contributed by atoms with Crippen molar-refractivity contribution in [2.75, 3.05) is 32.9 Å². The molecule has 4 heterocycles. The number of anilines is 4. The predicted octanol–water partition coefficient (Wildman–Crippen LogP) is 8.58. The molecule has 4 aromatic rings. The van der Waals surface area contributed by atoms with Crippen molar-refractivity contribution < 1.29 is 0 Å². The molecule has 192 valence electrons. The Labute approximate surface area is 242 Å². The second-order valence-corrected chi connectivity index (χ2v) is 11.9. The van der Waals surface area contributed by atoms with E-state index in [0.29, 0.717) is 0 Å². The molecule has 0 atom stereocenters. The fourth-order valence-electron chi connectivity index (χ4n) is 6.04. The average molecular weight is 582 g/mol. The highest BCUT2D eigenvalue weighted by Crippen LogP contribution is 2.41. The number of rotatable bonds is 0. The Bertz CT molecular complexity index is 1340. The molecular weight excluding hydrogens is 558 g/mol. The highest BCUT2D eigenvalue weighted by molar-refractivity contribution is 6.31. The quantitative estimate of drug-likeness (QED) is 0.206. The molecule has 0 amide bonds. The first kappa shape index (κ1) is 24.3. The molecule has 4 bridgehead atoms. The normalized spacial score (nSPS) is 16.1. The van der Waals surface area contributed by atoms with E-state index < -0.39 is 0 Å². The van der Waals surface area contributed by atoms with Gasteiger partial charge in [0.05, 0.1) is 13.3 Å². The molecule has 8 heteroatoms. The fraction of sp³-hybridized carbons (Fsp3) is 0.200. The lowest BCUT2D eigenvalue weighted by Crippen LogP contribution is -2.46. The van der Waals surface area contributed by atoms with Gasteiger partial charge in [0.15, 0.2) is 0 Å². The Morgan fingerprint density at radius 2 is 0.605 bits per heavy atom. The van der Waals surface area contributed by atoms with Crippen molar-refractivity contribution in [2.45, 2.75) is 26.2 Å². The smallest absolute Gasteiger partial charge is 0.0910 e. The van der Waals surface area contributed by atoms with Crippen LogP contribution in [0.25, 0.3) is 0 Å². The van der Waals surface area contributed by atoms with Crippen LogP contribution < -0.4 is 19.6 Å². The van der Waals surface area contributed by atoms with E-state index in [1.165, 1.54) is 45.0 Å². The number of hydrogen-bond donors (Lipinski definition) is 0. The maximum absolute atomic E-state index is 6.10. The maximum Gasteiger partial charge on any atom is 0.0910 e. The van der Waals surface area contributed by atoms with Crippen molar-refractivity contribution in [3.05, 3.63) is 115 Å². The van der Waals surface area contributed by atoms with Gasteiger partial charge >= 0.3 is 0 Å². The van der Waals surface area contributed by atoms with Gasteiger partial charge in [0.2, 0.25) is 0 Å². The van der Waals surface area contributed by atoms with Crippen LogP contribution in [-0.2, 0) is 26.2 Å². The monoisotopic (exact) mass is 580 g/mol. The van der Waals surface area contributed by atoms with Crippen LogP contribution in [0, 0.1) is 0 Å². The van der Waals surface area contributed by atoms with Crippen LogP contribution in [0.2, 0.25) is 20.1 Å². The summed E-state index contributed by atoms with van der Waals surface area (Å²) in [5.74, 6) is 0. The van der Waals surface area contributed by atoms with E-state index in [1.807, 2.05) is 24.3 Å². The molecule has 8 rings (SSSR count). The van der Waals surface area contributed by atoms with Gasteiger partial charge in [-0.05, 0) is 95.1 Å². The molecule has 0 saturated carbocycles. The van der Waals surface area contributed by atoms with Gasteiger partial charge in [-0.25, -0.2) is 0 Å². The van der Waals surface area contributed by atoms with Gasteiger partial charge in [-0.15, -0.1) is 0 Å². The average Bonchev–Trinajstić information content (AvgIpc) is 2.88. The Morgan fingerprint density at radius 1 is 0.368 bits per heavy atom. The van der Waals surface area contributed by atoms with Gasteiger partial charge in [-0.3, -0.25) is 0 Å². The zero-order chi connectivity index (χ0) is 26.0. The topological polar surface area (TPSA) is 13.0 Å². The summed E-state index contributed by atoms with van der Waals surface area (Å²) in [6.07, 6.45) is 0. The molecule has 0 saturated heterocycles. The lowest BCUT2D eigenvalue weighted by atomic mass is 10.0. The fourth-order valence-corrected chi connectivity index (χ4v) is 6.82. The van der Waals surface area contributed by atoms with Crippen molar-refractivity contribution in [2.24, 2.45) is 0 Å². The molecule has 0 radical (unpaired) electrons. The van der Waals surface area contributed by atoms with E-state index in [-0.39, 0.29) is 0 Å². The third kappa shape index (κ3) is 4.34. The second kappa shape index (κ2) is 9.46. The zero-order valence-corrected chi connectivity index (χ0v) is 23.5. The molecule has 0 N–H and O–H groups in total. The minimum Gasteiger partial charge on any atom is -0.349 e. The molecule has 0 aromatic heterocycles. The Balaban J connectivity index is 0.000000127. The minimum absolute atomic E-state index is 0.803. The van der Waals surface area contributed by atoms with E-state index in [4.69, 9.17) is 46.4 Å². The van der Waals surface area contributed by atoms with Crippen LogP contribution in [0.15, 0.2) is 72.8 Å². The van der Waals surface area contributed by atoms with Crippen LogP contribution >= 0.6 is 46.4 Å². The molecule has 4 aromatic carbocycles. The number of benzene rings is 4. The van der Waals surface area contributed by atoms with E-state index in [0.717, 1.165) is 59.6 Å². The number of fused-ring (bicyclic) bond motifs is 12. The van der Waals surface area contributed by atoms with Crippen LogP contribution in [-0.4, -0.2) is 13.3 Å². The Hall–Kier alpha value is -2.76. The van der Waals surface area contributed by atoms with Crippen molar-refractivity contribution >= 4 is 69.2 Å². The summed E-state index contributed by atoms with van der Waals surface area (Å²) in [7, 11) is 0.